The van der Waals surface area contributed by atoms with Crippen molar-refractivity contribution in [3.63, 3.8) is 0 Å². The van der Waals surface area contributed by atoms with Crippen LogP contribution < -0.4 is 14.8 Å². The number of ether oxygens (including phenoxy) is 2. The number of methoxy groups -OCH3 is 2. The Morgan fingerprint density at radius 1 is 1.00 bits per heavy atom. The van der Waals surface area contributed by atoms with Crippen molar-refractivity contribution >= 4 is 0 Å². The summed E-state index contributed by atoms with van der Waals surface area (Å²) in [6, 6.07) is 13.0. The lowest BCUT2D eigenvalue weighted by atomic mass is 10.1. The molecule has 21 heavy (non-hydrogen) atoms. The molecule has 3 nitrogen and oxygen atoms in total. The third-order valence-corrected chi connectivity index (χ3v) is 3.47. The van der Waals surface area contributed by atoms with Crippen LogP contribution in [-0.4, -0.2) is 14.2 Å². The fraction of sp³-hybridized carbons (Fsp3) is 0.294. The van der Waals surface area contributed by atoms with Crippen LogP contribution in [-0.2, 0) is 6.54 Å². The van der Waals surface area contributed by atoms with Gasteiger partial charge in [-0.25, -0.2) is 4.39 Å². The Bertz CT molecular complexity index is 601. The highest BCUT2D eigenvalue weighted by atomic mass is 19.1. The average molecular weight is 289 g/mol. The zero-order valence-electron chi connectivity index (χ0n) is 12.5. The van der Waals surface area contributed by atoms with Crippen molar-refractivity contribution < 1.29 is 13.9 Å². The van der Waals surface area contributed by atoms with Crippen LogP contribution in [0.5, 0.6) is 11.5 Å². The second-order valence-electron chi connectivity index (χ2n) is 4.78. The molecule has 0 spiro atoms. The average Bonchev–Trinajstić information content (AvgIpc) is 2.53. The lowest BCUT2D eigenvalue weighted by Crippen LogP contribution is -2.19. The van der Waals surface area contributed by atoms with E-state index in [4.69, 9.17) is 9.47 Å². The predicted molar refractivity (Wildman–Crippen MR) is 81.2 cm³/mol. The van der Waals surface area contributed by atoms with Gasteiger partial charge in [-0.2, -0.15) is 0 Å². The molecule has 0 aromatic heterocycles. The molecule has 0 saturated heterocycles. The molecule has 0 radical (unpaired) electrons. The summed E-state index contributed by atoms with van der Waals surface area (Å²) >= 11 is 0. The molecule has 0 aliphatic rings. The van der Waals surface area contributed by atoms with E-state index in [1.54, 1.807) is 25.3 Å². The van der Waals surface area contributed by atoms with Gasteiger partial charge in [0.15, 0.2) is 11.6 Å². The number of hydrogen-bond donors (Lipinski definition) is 1. The molecule has 0 unspecified atom stereocenters. The van der Waals surface area contributed by atoms with Crippen molar-refractivity contribution in [3.8, 4) is 11.5 Å². The molecule has 0 bridgehead atoms. The molecule has 0 saturated carbocycles. The van der Waals surface area contributed by atoms with Crippen LogP contribution in [0.4, 0.5) is 4.39 Å². The standard InChI is InChI=1S/C17H20FNO2/c1-12(14-8-4-5-9-15(14)20-2)19-11-13-7-6-10-16(21-3)17(13)18/h4-10,12,19H,11H2,1-3H3/t12-/m1/s1. The van der Waals surface area contributed by atoms with Gasteiger partial charge < -0.3 is 14.8 Å². The highest BCUT2D eigenvalue weighted by Crippen LogP contribution is 2.25. The molecule has 4 heteroatoms. The van der Waals surface area contributed by atoms with Crippen molar-refractivity contribution in [2.45, 2.75) is 19.5 Å². The third kappa shape index (κ3) is 3.52. The van der Waals surface area contributed by atoms with Gasteiger partial charge in [0, 0.05) is 23.7 Å². The summed E-state index contributed by atoms with van der Waals surface area (Å²) in [4.78, 5) is 0. The molecule has 1 N–H and O–H groups in total. The zero-order valence-corrected chi connectivity index (χ0v) is 12.5. The smallest absolute Gasteiger partial charge is 0.169 e. The van der Waals surface area contributed by atoms with E-state index in [0.717, 1.165) is 11.3 Å². The van der Waals surface area contributed by atoms with Crippen LogP contribution in [0.3, 0.4) is 0 Å². The van der Waals surface area contributed by atoms with Crippen molar-refractivity contribution in [1.82, 2.24) is 5.32 Å². The van der Waals surface area contributed by atoms with E-state index in [0.29, 0.717) is 12.1 Å². The summed E-state index contributed by atoms with van der Waals surface area (Å²) in [7, 11) is 3.11. The summed E-state index contributed by atoms with van der Waals surface area (Å²) in [6.45, 7) is 2.44. The van der Waals surface area contributed by atoms with E-state index >= 15 is 0 Å². The van der Waals surface area contributed by atoms with Crippen molar-refractivity contribution in [2.24, 2.45) is 0 Å². The lowest BCUT2D eigenvalue weighted by molar-refractivity contribution is 0.381. The first-order valence-electron chi connectivity index (χ1n) is 6.85. The summed E-state index contributed by atoms with van der Waals surface area (Å²) < 4.78 is 24.4. The van der Waals surface area contributed by atoms with Crippen LogP contribution >= 0.6 is 0 Å². The number of para-hydroxylation sites is 1. The summed E-state index contributed by atoms with van der Waals surface area (Å²) in [5, 5.41) is 3.31. The van der Waals surface area contributed by atoms with E-state index in [1.807, 2.05) is 31.2 Å². The highest BCUT2D eigenvalue weighted by molar-refractivity contribution is 5.36. The molecule has 0 heterocycles. The van der Waals surface area contributed by atoms with Gasteiger partial charge in [0.1, 0.15) is 5.75 Å². The third-order valence-electron chi connectivity index (χ3n) is 3.47. The quantitative estimate of drug-likeness (QED) is 0.879. The van der Waals surface area contributed by atoms with E-state index in [2.05, 4.69) is 5.32 Å². The van der Waals surface area contributed by atoms with Crippen LogP contribution in [0.25, 0.3) is 0 Å². The van der Waals surface area contributed by atoms with Gasteiger partial charge in [-0.05, 0) is 19.1 Å². The van der Waals surface area contributed by atoms with E-state index < -0.39 is 0 Å². The maximum Gasteiger partial charge on any atom is 0.169 e. The van der Waals surface area contributed by atoms with Gasteiger partial charge in [-0.1, -0.05) is 30.3 Å². The fourth-order valence-electron chi connectivity index (χ4n) is 2.25. The second-order valence-corrected chi connectivity index (χ2v) is 4.78. The number of nitrogens with one attached hydrogen (secondary N) is 1. The highest BCUT2D eigenvalue weighted by Gasteiger charge is 2.12. The minimum absolute atomic E-state index is 0.0479. The molecule has 0 fully saturated rings. The summed E-state index contributed by atoms with van der Waals surface area (Å²) in [5.41, 5.74) is 1.62. The van der Waals surface area contributed by atoms with Gasteiger partial charge in [-0.15, -0.1) is 0 Å². The maximum absolute atomic E-state index is 14.1. The number of hydrogen-bond acceptors (Lipinski definition) is 3. The Hall–Kier alpha value is -2.07. The first-order valence-corrected chi connectivity index (χ1v) is 6.85. The largest absolute Gasteiger partial charge is 0.496 e. The van der Waals surface area contributed by atoms with Gasteiger partial charge in [0.2, 0.25) is 0 Å². The monoisotopic (exact) mass is 289 g/mol. The topological polar surface area (TPSA) is 30.5 Å². The van der Waals surface area contributed by atoms with Crippen LogP contribution in [0.2, 0.25) is 0 Å². The minimum Gasteiger partial charge on any atom is -0.496 e. The number of rotatable bonds is 6. The number of benzene rings is 2. The Labute approximate surface area is 124 Å². The fourth-order valence-corrected chi connectivity index (χ4v) is 2.25. The first kappa shape index (κ1) is 15.3. The van der Waals surface area contributed by atoms with Gasteiger partial charge in [0.25, 0.3) is 0 Å². The molecular weight excluding hydrogens is 269 g/mol. The van der Waals surface area contributed by atoms with Crippen LogP contribution in [0.1, 0.15) is 24.1 Å². The van der Waals surface area contributed by atoms with Crippen LogP contribution in [0.15, 0.2) is 42.5 Å². The lowest BCUT2D eigenvalue weighted by Gasteiger charge is -2.17. The molecule has 2 aromatic carbocycles. The molecule has 1 atom stereocenters. The molecule has 0 aliphatic heterocycles. The Balaban J connectivity index is 2.09. The first-order chi connectivity index (χ1) is 10.2. The molecule has 2 aromatic rings. The molecule has 0 amide bonds. The van der Waals surface area contributed by atoms with Crippen molar-refractivity contribution in [3.05, 3.63) is 59.4 Å². The molecule has 112 valence electrons. The van der Waals surface area contributed by atoms with E-state index in [1.165, 1.54) is 7.11 Å². The van der Waals surface area contributed by atoms with Gasteiger partial charge >= 0.3 is 0 Å². The predicted octanol–water partition coefficient (Wildman–Crippen LogP) is 3.69. The SMILES string of the molecule is COc1ccccc1[C@@H](C)NCc1cccc(OC)c1F. The summed E-state index contributed by atoms with van der Waals surface area (Å²) in [5.74, 6) is 0.766. The number of halogens is 1. The van der Waals surface area contributed by atoms with E-state index in [9.17, 15) is 4.39 Å². The normalized spacial score (nSPS) is 12.0. The second kappa shape index (κ2) is 7.09. The molecular formula is C17H20FNO2. The maximum atomic E-state index is 14.1. The minimum atomic E-state index is -0.320. The molecule has 2 rings (SSSR count). The van der Waals surface area contributed by atoms with Gasteiger partial charge in [-0.3, -0.25) is 0 Å². The van der Waals surface area contributed by atoms with Gasteiger partial charge in [0.05, 0.1) is 14.2 Å². The Morgan fingerprint density at radius 3 is 2.38 bits per heavy atom. The summed E-state index contributed by atoms with van der Waals surface area (Å²) in [6.07, 6.45) is 0. The molecule has 0 aliphatic carbocycles. The van der Waals surface area contributed by atoms with Crippen molar-refractivity contribution in [2.75, 3.05) is 14.2 Å². The Kier molecular flexibility index (Phi) is 5.17. The Morgan fingerprint density at radius 2 is 1.67 bits per heavy atom. The zero-order chi connectivity index (χ0) is 15.2. The van der Waals surface area contributed by atoms with Crippen LogP contribution in [0, 0.1) is 5.82 Å². The van der Waals surface area contributed by atoms with E-state index in [-0.39, 0.29) is 17.6 Å². The van der Waals surface area contributed by atoms with Crippen molar-refractivity contribution in [1.29, 1.82) is 0 Å².